The molecule has 0 atom stereocenters. The fraction of sp³-hybridized carbons (Fsp3) is 0.333. The van der Waals surface area contributed by atoms with Crippen molar-refractivity contribution in [1.82, 2.24) is 4.98 Å². The van der Waals surface area contributed by atoms with Crippen molar-refractivity contribution in [2.24, 2.45) is 10.2 Å². The number of carbonyl (C=O) groups excluding carboxylic acids is 1. The zero-order valence-electron chi connectivity index (χ0n) is 30.1. The van der Waals surface area contributed by atoms with Crippen LogP contribution in [0.3, 0.4) is 0 Å². The van der Waals surface area contributed by atoms with E-state index in [0.717, 1.165) is 51.5 Å². The number of unbranched alkanes of at least 4 members (excludes halogenated alkanes) is 1. The summed E-state index contributed by atoms with van der Waals surface area (Å²) in [6.45, 7) is 9.52. The number of para-hydroxylation sites is 1. The van der Waals surface area contributed by atoms with Gasteiger partial charge in [-0.1, -0.05) is 57.2 Å². The molecule has 0 saturated heterocycles. The lowest BCUT2D eigenvalue weighted by Gasteiger charge is -2.23. The number of nitrogens with zero attached hydrogens (tertiary/aromatic N) is 5. The Morgan fingerprint density at radius 3 is 2.29 bits per heavy atom. The molecule has 4 aromatic carbocycles. The molecule has 1 aliphatic rings. The maximum atomic E-state index is 12.8. The predicted molar refractivity (Wildman–Crippen MR) is 208 cm³/mol. The molecule has 1 aromatic heterocycles. The molecule has 1 aliphatic heterocycles. The van der Waals surface area contributed by atoms with E-state index in [4.69, 9.17) is 30.5 Å². The van der Waals surface area contributed by atoms with Gasteiger partial charge in [-0.2, -0.15) is 0 Å². The van der Waals surface area contributed by atoms with E-state index in [0.29, 0.717) is 42.1 Å². The van der Waals surface area contributed by atoms with Gasteiger partial charge in [0.2, 0.25) is 17.8 Å². The van der Waals surface area contributed by atoms with Gasteiger partial charge in [0.1, 0.15) is 17.4 Å². The van der Waals surface area contributed by atoms with Gasteiger partial charge in [-0.15, -0.1) is 21.8 Å². The van der Waals surface area contributed by atoms with Crippen molar-refractivity contribution >= 4 is 61.3 Å². The van der Waals surface area contributed by atoms with Crippen LogP contribution in [0.2, 0.25) is 0 Å². The average Bonchev–Trinajstić information content (AvgIpc) is 3.82. The van der Waals surface area contributed by atoms with E-state index in [-0.39, 0.29) is 18.6 Å². The molecular formula is C39H46ClN5O5S. The van der Waals surface area contributed by atoms with Crippen molar-refractivity contribution in [3.63, 3.8) is 0 Å². The lowest BCUT2D eigenvalue weighted by atomic mass is 10.1. The Balaban J connectivity index is 0.00000141. The maximum Gasteiger partial charge on any atom is 0.242 e. The van der Waals surface area contributed by atoms with Gasteiger partial charge in [0, 0.05) is 37.1 Å². The Bertz CT molecular complexity index is 1870. The van der Waals surface area contributed by atoms with Gasteiger partial charge in [0.05, 0.1) is 35.7 Å². The minimum absolute atomic E-state index is 0.147. The summed E-state index contributed by atoms with van der Waals surface area (Å²) in [5.41, 5.74) is 4.29. The molecule has 5 aromatic rings. The Morgan fingerprint density at radius 1 is 0.843 bits per heavy atom. The summed E-state index contributed by atoms with van der Waals surface area (Å²) >= 11 is 7.44. The monoisotopic (exact) mass is 731 g/mol. The third-order valence-electron chi connectivity index (χ3n) is 7.41. The van der Waals surface area contributed by atoms with E-state index in [1.807, 2.05) is 119 Å². The molecule has 0 saturated carbocycles. The van der Waals surface area contributed by atoms with Crippen molar-refractivity contribution in [3.05, 3.63) is 90.5 Å². The van der Waals surface area contributed by atoms with Crippen molar-refractivity contribution in [2.75, 3.05) is 49.8 Å². The summed E-state index contributed by atoms with van der Waals surface area (Å²) in [5.74, 6) is 2.38. The van der Waals surface area contributed by atoms with Crippen LogP contribution in [0.4, 0.5) is 22.2 Å². The number of ether oxygens (including phenoxy) is 4. The molecule has 51 heavy (non-hydrogen) atoms. The van der Waals surface area contributed by atoms with E-state index >= 15 is 0 Å². The first-order valence-electron chi connectivity index (χ1n) is 17.2. The number of aromatic nitrogens is 1. The highest BCUT2D eigenvalue weighted by Crippen LogP contribution is 2.37. The van der Waals surface area contributed by atoms with Gasteiger partial charge in [-0.25, -0.2) is 4.98 Å². The molecule has 0 N–H and O–H groups in total. The van der Waals surface area contributed by atoms with Crippen LogP contribution in [0.25, 0.3) is 10.2 Å². The molecule has 0 fully saturated rings. The number of alkyl halides is 1. The van der Waals surface area contributed by atoms with Crippen LogP contribution in [-0.2, 0) is 11.3 Å². The summed E-state index contributed by atoms with van der Waals surface area (Å²) in [5, 5.41) is 9.26. The number of carbonyl (C=O) groups is 1. The summed E-state index contributed by atoms with van der Waals surface area (Å²) in [4.78, 5) is 21.1. The van der Waals surface area contributed by atoms with E-state index in [2.05, 4.69) is 15.2 Å². The first-order chi connectivity index (χ1) is 25.0. The fourth-order valence-electron chi connectivity index (χ4n) is 4.91. The van der Waals surface area contributed by atoms with Crippen molar-refractivity contribution in [1.29, 1.82) is 0 Å². The average molecular weight is 732 g/mol. The zero-order valence-corrected chi connectivity index (χ0v) is 31.7. The summed E-state index contributed by atoms with van der Waals surface area (Å²) < 4.78 is 24.1. The van der Waals surface area contributed by atoms with E-state index in [1.165, 1.54) is 11.3 Å². The summed E-state index contributed by atoms with van der Waals surface area (Å²) in [6.07, 6.45) is 1.60. The van der Waals surface area contributed by atoms with Gasteiger partial charge in [-0.3, -0.25) is 4.79 Å². The second-order valence-electron chi connectivity index (χ2n) is 10.9. The van der Waals surface area contributed by atoms with Crippen LogP contribution in [0, 0.1) is 0 Å². The quantitative estimate of drug-likeness (QED) is 0.0637. The Kier molecular flexibility index (Phi) is 15.3. The highest BCUT2D eigenvalue weighted by Gasteiger charge is 2.21. The molecule has 0 radical (unpaired) electrons. The van der Waals surface area contributed by atoms with E-state index in [9.17, 15) is 4.79 Å². The first-order valence-corrected chi connectivity index (χ1v) is 18.5. The van der Waals surface area contributed by atoms with Gasteiger partial charge in [0.15, 0.2) is 11.5 Å². The zero-order chi connectivity index (χ0) is 36.6. The second kappa shape index (κ2) is 20.1. The first kappa shape index (κ1) is 38.9. The van der Waals surface area contributed by atoms with E-state index < -0.39 is 0 Å². The van der Waals surface area contributed by atoms with Crippen LogP contribution < -0.4 is 28.7 Å². The second-order valence-corrected chi connectivity index (χ2v) is 12.2. The van der Waals surface area contributed by atoms with Crippen LogP contribution in [-0.4, -0.2) is 50.9 Å². The number of halogens is 1. The Hall–Kier alpha value is -4.87. The standard InChI is InChI=1S/C35H34ClN5O5S.2C2H6/c1-40(2)26-11-9-25(10-12-26)38-39-35-37-29-15-14-28(20-33(29)47-35)43-17-5-6-18-44-30-8-4-3-7-24(30)22-41(34(42)21-36)27-13-16-31-32(19-27)46-23-45-31;2*1-2/h3-4,7-16,19-20H,5-6,17-18,21-23H2,1-2H3;2*1-2H3. The van der Waals surface area contributed by atoms with Crippen molar-refractivity contribution in [3.8, 4) is 23.0 Å². The summed E-state index contributed by atoms with van der Waals surface area (Å²) in [6, 6.07) is 26.8. The maximum absolute atomic E-state index is 12.8. The number of anilines is 2. The van der Waals surface area contributed by atoms with Crippen LogP contribution in [0.15, 0.2) is 95.2 Å². The smallest absolute Gasteiger partial charge is 0.242 e. The number of thiazole rings is 1. The molecule has 10 nitrogen and oxygen atoms in total. The number of rotatable bonds is 14. The molecule has 0 unspecified atom stereocenters. The number of hydrogen-bond donors (Lipinski definition) is 0. The molecule has 12 heteroatoms. The third-order valence-corrected chi connectivity index (χ3v) is 8.55. The minimum atomic E-state index is -0.222. The van der Waals surface area contributed by atoms with Gasteiger partial charge in [0.25, 0.3) is 0 Å². The highest BCUT2D eigenvalue weighted by molar-refractivity contribution is 7.21. The van der Waals surface area contributed by atoms with Crippen LogP contribution in [0.1, 0.15) is 46.1 Å². The predicted octanol–water partition coefficient (Wildman–Crippen LogP) is 10.6. The number of amides is 1. The number of hydrogen-bond acceptors (Lipinski definition) is 10. The lowest BCUT2D eigenvalue weighted by molar-refractivity contribution is -0.116. The molecule has 0 spiro atoms. The minimum Gasteiger partial charge on any atom is -0.494 e. The van der Waals surface area contributed by atoms with Gasteiger partial charge in [-0.05, 0) is 73.5 Å². The molecule has 2 heterocycles. The molecule has 0 aliphatic carbocycles. The SMILES string of the molecule is CC.CC.CN(C)c1ccc(N=Nc2nc3ccc(OCCCCOc4ccccc4CN(C(=O)CCl)c4ccc5c(c4)OCO5)cc3s2)cc1. The van der Waals surface area contributed by atoms with Gasteiger partial charge >= 0.3 is 0 Å². The lowest BCUT2D eigenvalue weighted by Crippen LogP contribution is -2.31. The summed E-state index contributed by atoms with van der Waals surface area (Å²) in [7, 11) is 4.00. The molecular weight excluding hydrogens is 686 g/mol. The Morgan fingerprint density at radius 2 is 1.55 bits per heavy atom. The number of fused-ring (bicyclic) bond motifs is 2. The highest BCUT2D eigenvalue weighted by atomic mass is 35.5. The topological polar surface area (TPSA) is 98.1 Å². The molecule has 1 amide bonds. The van der Waals surface area contributed by atoms with Crippen molar-refractivity contribution < 1.29 is 23.7 Å². The molecule has 0 bridgehead atoms. The molecule has 6 rings (SSSR count). The van der Waals surface area contributed by atoms with E-state index in [1.54, 1.807) is 17.0 Å². The van der Waals surface area contributed by atoms with Gasteiger partial charge < -0.3 is 28.7 Å². The number of azo groups is 1. The third kappa shape index (κ3) is 10.8. The van der Waals surface area contributed by atoms with Crippen molar-refractivity contribution in [2.45, 2.75) is 47.1 Å². The normalized spacial score (nSPS) is 11.4. The largest absolute Gasteiger partial charge is 0.494 e. The van der Waals surface area contributed by atoms with Crippen LogP contribution in [0.5, 0.6) is 23.0 Å². The number of benzene rings is 4. The fourth-order valence-corrected chi connectivity index (χ4v) is 5.87. The Labute approximate surface area is 309 Å². The van der Waals surface area contributed by atoms with Crippen LogP contribution >= 0.6 is 22.9 Å². The molecule has 270 valence electrons.